The normalized spacial score (nSPS) is 30.9. The van der Waals surface area contributed by atoms with E-state index in [0.717, 1.165) is 70.2 Å². The van der Waals surface area contributed by atoms with Gasteiger partial charge in [0.05, 0.1) is 0 Å². The van der Waals surface area contributed by atoms with Crippen LogP contribution in [0.5, 0.6) is 0 Å². The number of carbonyl (C=O) groups is 1. The van der Waals surface area contributed by atoms with Gasteiger partial charge >= 0.3 is 0 Å². The van der Waals surface area contributed by atoms with Crippen LogP contribution in [0.1, 0.15) is 44.9 Å². The zero-order valence-corrected chi connectivity index (χ0v) is 12.6. The predicted molar refractivity (Wildman–Crippen MR) is 76.4 cm³/mol. The van der Waals surface area contributed by atoms with Crippen molar-refractivity contribution in [3.8, 4) is 0 Å². The van der Waals surface area contributed by atoms with E-state index in [1.807, 2.05) is 4.90 Å². The van der Waals surface area contributed by atoms with Gasteiger partial charge in [-0.05, 0) is 56.8 Å². The van der Waals surface area contributed by atoms with E-state index in [2.05, 4.69) is 0 Å². The molecule has 1 unspecified atom stereocenters. The van der Waals surface area contributed by atoms with Crippen molar-refractivity contribution in [3.05, 3.63) is 0 Å². The molecule has 0 N–H and O–H groups in total. The standard InChI is InChI=1S/C16H27NO3/c1-19-16(7-3-8-16)15(18)17-9-5-13(6-10-17)14-4-2-11-20-12-14/h13-14H,2-12H2,1H3. The zero-order valence-electron chi connectivity index (χ0n) is 12.6. The number of ether oxygens (including phenoxy) is 2. The van der Waals surface area contributed by atoms with Gasteiger partial charge in [0.2, 0.25) is 0 Å². The first-order chi connectivity index (χ1) is 9.75. The zero-order chi connectivity index (χ0) is 14.0. The van der Waals surface area contributed by atoms with Gasteiger partial charge in [-0.1, -0.05) is 0 Å². The molecule has 0 radical (unpaired) electrons. The van der Waals surface area contributed by atoms with Crippen molar-refractivity contribution in [3.63, 3.8) is 0 Å². The second kappa shape index (κ2) is 6.02. The number of methoxy groups -OCH3 is 1. The minimum atomic E-state index is -0.471. The molecular weight excluding hydrogens is 254 g/mol. The average Bonchev–Trinajstić information content (AvgIpc) is 2.48. The number of amides is 1. The van der Waals surface area contributed by atoms with Gasteiger partial charge in [0.1, 0.15) is 5.60 Å². The molecule has 2 saturated heterocycles. The summed E-state index contributed by atoms with van der Waals surface area (Å²) >= 11 is 0. The Hall–Kier alpha value is -0.610. The quantitative estimate of drug-likeness (QED) is 0.796. The Labute approximate surface area is 121 Å². The molecule has 1 aliphatic carbocycles. The highest BCUT2D eigenvalue weighted by molar-refractivity contribution is 5.86. The van der Waals surface area contributed by atoms with Gasteiger partial charge in [0, 0.05) is 33.4 Å². The van der Waals surface area contributed by atoms with E-state index in [-0.39, 0.29) is 5.91 Å². The number of nitrogens with zero attached hydrogens (tertiary/aromatic N) is 1. The second-order valence-electron chi connectivity index (χ2n) is 6.66. The van der Waals surface area contributed by atoms with E-state index in [0.29, 0.717) is 0 Å². The minimum absolute atomic E-state index is 0.240. The number of hydrogen-bond acceptors (Lipinski definition) is 3. The molecule has 0 aromatic heterocycles. The summed E-state index contributed by atoms with van der Waals surface area (Å²) in [6.07, 6.45) is 7.71. The van der Waals surface area contributed by atoms with Crippen LogP contribution in [0.15, 0.2) is 0 Å². The Bertz CT molecular complexity index is 334. The van der Waals surface area contributed by atoms with Crippen LogP contribution in [0.25, 0.3) is 0 Å². The van der Waals surface area contributed by atoms with Gasteiger partial charge in [-0.25, -0.2) is 0 Å². The first-order valence-corrected chi connectivity index (χ1v) is 8.17. The molecule has 0 aromatic rings. The Kier molecular flexibility index (Phi) is 4.32. The van der Waals surface area contributed by atoms with Crippen LogP contribution in [0, 0.1) is 11.8 Å². The molecule has 1 atom stereocenters. The van der Waals surface area contributed by atoms with Crippen LogP contribution in [0.2, 0.25) is 0 Å². The van der Waals surface area contributed by atoms with Crippen LogP contribution in [0.3, 0.4) is 0 Å². The fourth-order valence-corrected chi connectivity index (χ4v) is 4.00. The van der Waals surface area contributed by atoms with Crippen LogP contribution < -0.4 is 0 Å². The third-order valence-electron chi connectivity index (χ3n) is 5.63. The van der Waals surface area contributed by atoms with Crippen molar-refractivity contribution in [2.24, 2.45) is 11.8 Å². The molecular formula is C16H27NO3. The topological polar surface area (TPSA) is 38.8 Å². The molecule has 1 amide bonds. The first-order valence-electron chi connectivity index (χ1n) is 8.17. The highest BCUT2D eigenvalue weighted by Gasteiger charge is 2.47. The van der Waals surface area contributed by atoms with E-state index in [1.54, 1.807) is 7.11 Å². The van der Waals surface area contributed by atoms with E-state index >= 15 is 0 Å². The van der Waals surface area contributed by atoms with Gasteiger partial charge in [-0.15, -0.1) is 0 Å². The number of hydrogen-bond donors (Lipinski definition) is 0. The number of rotatable bonds is 3. The molecule has 4 nitrogen and oxygen atoms in total. The maximum Gasteiger partial charge on any atom is 0.254 e. The Morgan fingerprint density at radius 1 is 1.15 bits per heavy atom. The van der Waals surface area contributed by atoms with Crippen molar-refractivity contribution < 1.29 is 14.3 Å². The maximum absolute atomic E-state index is 12.6. The third-order valence-corrected chi connectivity index (χ3v) is 5.63. The van der Waals surface area contributed by atoms with E-state index in [9.17, 15) is 4.79 Å². The van der Waals surface area contributed by atoms with Gasteiger partial charge < -0.3 is 14.4 Å². The molecule has 0 spiro atoms. The maximum atomic E-state index is 12.6. The fraction of sp³-hybridized carbons (Fsp3) is 0.938. The monoisotopic (exact) mass is 281 g/mol. The van der Waals surface area contributed by atoms with E-state index in [4.69, 9.17) is 9.47 Å². The van der Waals surface area contributed by atoms with Gasteiger partial charge in [0.15, 0.2) is 0 Å². The summed E-state index contributed by atoms with van der Waals surface area (Å²) in [4.78, 5) is 14.6. The van der Waals surface area contributed by atoms with Crippen molar-refractivity contribution >= 4 is 5.91 Å². The molecule has 2 heterocycles. The largest absolute Gasteiger partial charge is 0.381 e. The molecule has 114 valence electrons. The lowest BCUT2D eigenvalue weighted by molar-refractivity contribution is -0.167. The smallest absolute Gasteiger partial charge is 0.254 e. The average molecular weight is 281 g/mol. The fourth-order valence-electron chi connectivity index (χ4n) is 4.00. The number of piperidine rings is 1. The summed E-state index contributed by atoms with van der Waals surface area (Å²) in [5, 5.41) is 0. The minimum Gasteiger partial charge on any atom is -0.381 e. The lowest BCUT2D eigenvalue weighted by Gasteiger charge is -2.45. The molecule has 3 fully saturated rings. The van der Waals surface area contributed by atoms with Gasteiger partial charge in [-0.2, -0.15) is 0 Å². The van der Waals surface area contributed by atoms with E-state index in [1.165, 1.54) is 12.8 Å². The van der Waals surface area contributed by atoms with Gasteiger partial charge in [0.25, 0.3) is 5.91 Å². The molecule has 3 aliphatic rings. The predicted octanol–water partition coefficient (Wildman–Crippen LogP) is 2.22. The SMILES string of the molecule is COC1(C(=O)N2CCC(C3CCCOC3)CC2)CCC1. The third kappa shape index (κ3) is 2.60. The van der Waals surface area contributed by atoms with Crippen molar-refractivity contribution in [2.45, 2.75) is 50.5 Å². The molecule has 2 aliphatic heterocycles. The first kappa shape index (κ1) is 14.3. The van der Waals surface area contributed by atoms with Crippen LogP contribution >= 0.6 is 0 Å². The molecule has 4 heteroatoms. The molecule has 0 bridgehead atoms. The summed E-state index contributed by atoms with van der Waals surface area (Å²) in [7, 11) is 1.68. The van der Waals surface area contributed by atoms with Gasteiger partial charge in [-0.3, -0.25) is 4.79 Å². The lowest BCUT2D eigenvalue weighted by atomic mass is 9.77. The number of likely N-dealkylation sites (tertiary alicyclic amines) is 1. The van der Waals surface area contributed by atoms with E-state index < -0.39 is 5.60 Å². The van der Waals surface area contributed by atoms with Crippen molar-refractivity contribution in [1.82, 2.24) is 4.90 Å². The molecule has 3 rings (SSSR count). The van der Waals surface area contributed by atoms with Crippen LogP contribution in [0.4, 0.5) is 0 Å². The second-order valence-corrected chi connectivity index (χ2v) is 6.66. The summed E-state index contributed by atoms with van der Waals surface area (Å²) in [5.41, 5.74) is -0.471. The summed E-state index contributed by atoms with van der Waals surface area (Å²) in [5.74, 6) is 1.71. The Balaban J connectivity index is 1.51. The lowest BCUT2D eigenvalue weighted by Crippen LogP contribution is -2.56. The summed E-state index contributed by atoms with van der Waals surface area (Å²) in [6, 6.07) is 0. The summed E-state index contributed by atoms with van der Waals surface area (Å²) < 4.78 is 11.1. The summed E-state index contributed by atoms with van der Waals surface area (Å²) in [6.45, 7) is 3.68. The Morgan fingerprint density at radius 2 is 1.90 bits per heavy atom. The van der Waals surface area contributed by atoms with Crippen molar-refractivity contribution in [2.75, 3.05) is 33.4 Å². The van der Waals surface area contributed by atoms with Crippen LogP contribution in [-0.2, 0) is 14.3 Å². The molecule has 1 saturated carbocycles. The Morgan fingerprint density at radius 3 is 2.40 bits per heavy atom. The highest BCUT2D eigenvalue weighted by atomic mass is 16.5. The molecule has 20 heavy (non-hydrogen) atoms. The molecule has 0 aromatic carbocycles. The highest BCUT2D eigenvalue weighted by Crippen LogP contribution is 2.38. The van der Waals surface area contributed by atoms with Crippen molar-refractivity contribution in [1.29, 1.82) is 0 Å². The van der Waals surface area contributed by atoms with Crippen LogP contribution in [-0.4, -0.2) is 49.8 Å². The number of carbonyl (C=O) groups excluding carboxylic acids is 1.